The van der Waals surface area contributed by atoms with Gasteiger partial charge in [0.1, 0.15) is 0 Å². The van der Waals surface area contributed by atoms with E-state index in [1.54, 1.807) is 0 Å². The van der Waals surface area contributed by atoms with Crippen LogP contribution in [-0.4, -0.2) is 10.7 Å². The number of hydrogen-bond donors (Lipinski definition) is 1. The molecule has 0 aromatic heterocycles. The van der Waals surface area contributed by atoms with Crippen LogP contribution in [-0.2, 0) is 6.42 Å². The molecule has 1 nitrogen and oxygen atoms in total. The topological polar surface area (TPSA) is 20.2 Å². The molecule has 1 fully saturated rings. The molecule has 0 bridgehead atoms. The number of halogens is 1. The number of hydrogen-bond acceptors (Lipinski definition) is 1. The van der Waals surface area contributed by atoms with Crippen molar-refractivity contribution in [1.29, 1.82) is 0 Å². The largest absolute Gasteiger partial charge is 0.389 e. The Morgan fingerprint density at radius 2 is 1.89 bits per heavy atom. The lowest BCUT2D eigenvalue weighted by Gasteiger charge is -2.29. The van der Waals surface area contributed by atoms with Crippen molar-refractivity contribution in [2.45, 2.75) is 51.6 Å². The molecule has 0 aliphatic heterocycles. The molecule has 18 heavy (non-hydrogen) atoms. The van der Waals surface area contributed by atoms with E-state index in [0.717, 1.165) is 23.7 Å². The van der Waals surface area contributed by atoms with Gasteiger partial charge in [-0.15, -0.1) is 0 Å². The quantitative estimate of drug-likeness (QED) is 0.816. The van der Waals surface area contributed by atoms with Crippen molar-refractivity contribution in [1.82, 2.24) is 0 Å². The van der Waals surface area contributed by atoms with Gasteiger partial charge in [0.05, 0.1) is 5.60 Å². The summed E-state index contributed by atoms with van der Waals surface area (Å²) >= 11 is 3.45. The van der Waals surface area contributed by atoms with E-state index in [0.29, 0.717) is 11.8 Å². The SMILES string of the molecule is CC(C)CCC(O)(Cc1ccc(Br)cc1)C1CC1. The maximum atomic E-state index is 10.9. The first kappa shape index (κ1) is 14.1. The Kier molecular flexibility index (Phi) is 4.50. The summed E-state index contributed by atoms with van der Waals surface area (Å²) < 4.78 is 1.10. The zero-order valence-electron chi connectivity index (χ0n) is 11.3. The van der Waals surface area contributed by atoms with Crippen molar-refractivity contribution >= 4 is 15.9 Å². The molecule has 0 radical (unpaired) electrons. The van der Waals surface area contributed by atoms with Gasteiger partial charge in [-0.3, -0.25) is 0 Å². The average molecular weight is 311 g/mol. The van der Waals surface area contributed by atoms with E-state index in [2.05, 4.69) is 54.0 Å². The maximum absolute atomic E-state index is 10.9. The Morgan fingerprint density at radius 3 is 2.39 bits per heavy atom. The standard InChI is InChI=1S/C16H23BrO/c1-12(2)9-10-16(18,14-5-6-14)11-13-3-7-15(17)8-4-13/h3-4,7-8,12,14,18H,5-6,9-11H2,1-2H3. The van der Waals surface area contributed by atoms with Gasteiger partial charge in [-0.1, -0.05) is 41.9 Å². The van der Waals surface area contributed by atoms with E-state index in [4.69, 9.17) is 0 Å². The third-order valence-electron chi connectivity index (χ3n) is 3.92. The first-order chi connectivity index (χ1) is 8.49. The Morgan fingerprint density at radius 1 is 1.28 bits per heavy atom. The molecule has 0 amide bonds. The molecule has 2 rings (SSSR count). The highest BCUT2D eigenvalue weighted by molar-refractivity contribution is 9.10. The lowest BCUT2D eigenvalue weighted by atomic mass is 9.84. The first-order valence-corrected chi connectivity index (χ1v) is 7.76. The molecule has 0 spiro atoms. The van der Waals surface area contributed by atoms with Crippen molar-refractivity contribution in [3.8, 4) is 0 Å². The molecule has 0 heterocycles. The molecule has 1 aromatic carbocycles. The van der Waals surface area contributed by atoms with Gasteiger partial charge in [0.2, 0.25) is 0 Å². The molecule has 1 aromatic rings. The minimum Gasteiger partial charge on any atom is -0.389 e. The summed E-state index contributed by atoms with van der Waals surface area (Å²) in [5.74, 6) is 1.19. The second-order valence-electron chi connectivity index (χ2n) is 6.11. The fourth-order valence-electron chi connectivity index (χ4n) is 2.55. The monoisotopic (exact) mass is 310 g/mol. The van der Waals surface area contributed by atoms with E-state index >= 15 is 0 Å². The van der Waals surface area contributed by atoms with Crippen LogP contribution in [0.5, 0.6) is 0 Å². The molecule has 1 aliphatic carbocycles. The Hall–Kier alpha value is -0.340. The van der Waals surface area contributed by atoms with Gasteiger partial charge in [0.25, 0.3) is 0 Å². The number of aliphatic hydroxyl groups is 1. The minimum absolute atomic E-state index is 0.474. The lowest BCUT2D eigenvalue weighted by Crippen LogP contribution is -2.34. The number of benzene rings is 1. The summed E-state index contributed by atoms with van der Waals surface area (Å²) in [6.07, 6.45) is 5.25. The number of rotatable bonds is 6. The van der Waals surface area contributed by atoms with Crippen molar-refractivity contribution < 1.29 is 5.11 Å². The smallest absolute Gasteiger partial charge is 0.0716 e. The summed E-state index contributed by atoms with van der Waals surface area (Å²) in [7, 11) is 0. The van der Waals surface area contributed by atoms with Crippen LogP contribution in [0.3, 0.4) is 0 Å². The molecular formula is C16H23BrO. The molecule has 1 aliphatic rings. The van der Waals surface area contributed by atoms with E-state index in [1.807, 2.05) is 0 Å². The van der Waals surface area contributed by atoms with Crippen molar-refractivity contribution in [3.63, 3.8) is 0 Å². The second-order valence-corrected chi connectivity index (χ2v) is 7.03. The van der Waals surface area contributed by atoms with Crippen LogP contribution in [0.25, 0.3) is 0 Å². The molecule has 1 saturated carbocycles. The van der Waals surface area contributed by atoms with E-state index in [-0.39, 0.29) is 0 Å². The summed E-state index contributed by atoms with van der Waals surface area (Å²) in [5, 5.41) is 10.9. The molecule has 0 saturated heterocycles. The lowest BCUT2D eigenvalue weighted by molar-refractivity contribution is 0.00450. The third kappa shape index (κ3) is 3.83. The Balaban J connectivity index is 2.03. The van der Waals surface area contributed by atoms with Crippen LogP contribution < -0.4 is 0 Å². The molecule has 1 atom stereocenters. The van der Waals surface area contributed by atoms with Crippen LogP contribution in [0.2, 0.25) is 0 Å². The van der Waals surface area contributed by atoms with Gasteiger partial charge >= 0.3 is 0 Å². The van der Waals surface area contributed by atoms with Crippen LogP contribution in [0, 0.1) is 11.8 Å². The highest BCUT2D eigenvalue weighted by Gasteiger charge is 2.43. The van der Waals surface area contributed by atoms with Crippen molar-refractivity contribution in [2.75, 3.05) is 0 Å². The van der Waals surface area contributed by atoms with Crippen LogP contribution in [0.4, 0.5) is 0 Å². The minimum atomic E-state index is -0.474. The van der Waals surface area contributed by atoms with Gasteiger partial charge in [0.15, 0.2) is 0 Å². The highest BCUT2D eigenvalue weighted by atomic mass is 79.9. The molecule has 100 valence electrons. The zero-order valence-corrected chi connectivity index (χ0v) is 12.9. The average Bonchev–Trinajstić information content (AvgIpc) is 3.14. The van der Waals surface area contributed by atoms with E-state index < -0.39 is 5.60 Å². The van der Waals surface area contributed by atoms with Crippen molar-refractivity contribution in [3.05, 3.63) is 34.3 Å². The van der Waals surface area contributed by atoms with E-state index in [9.17, 15) is 5.11 Å². The fourth-order valence-corrected chi connectivity index (χ4v) is 2.82. The van der Waals surface area contributed by atoms with Gasteiger partial charge in [-0.05, 0) is 55.2 Å². The van der Waals surface area contributed by atoms with Gasteiger partial charge in [0, 0.05) is 10.9 Å². The first-order valence-electron chi connectivity index (χ1n) is 6.96. The summed E-state index contributed by atoms with van der Waals surface area (Å²) in [6.45, 7) is 4.46. The molecule has 1 unspecified atom stereocenters. The zero-order chi connectivity index (χ0) is 13.2. The Labute approximate surface area is 119 Å². The van der Waals surface area contributed by atoms with Gasteiger partial charge < -0.3 is 5.11 Å². The summed E-state index contributed by atoms with van der Waals surface area (Å²) in [6, 6.07) is 8.36. The summed E-state index contributed by atoms with van der Waals surface area (Å²) in [4.78, 5) is 0. The fraction of sp³-hybridized carbons (Fsp3) is 0.625. The molecule has 1 N–H and O–H groups in total. The maximum Gasteiger partial charge on any atom is 0.0716 e. The van der Waals surface area contributed by atoms with E-state index in [1.165, 1.54) is 18.4 Å². The molecular weight excluding hydrogens is 288 g/mol. The van der Waals surface area contributed by atoms with Gasteiger partial charge in [-0.2, -0.15) is 0 Å². The molecule has 2 heteroatoms. The predicted molar refractivity (Wildman–Crippen MR) is 79.6 cm³/mol. The van der Waals surface area contributed by atoms with Crippen LogP contribution in [0.1, 0.15) is 45.1 Å². The normalized spacial score (nSPS) is 18.9. The van der Waals surface area contributed by atoms with Crippen LogP contribution >= 0.6 is 15.9 Å². The highest BCUT2D eigenvalue weighted by Crippen LogP contribution is 2.44. The Bertz CT molecular complexity index is 381. The van der Waals surface area contributed by atoms with Crippen LogP contribution in [0.15, 0.2) is 28.7 Å². The summed E-state index contributed by atoms with van der Waals surface area (Å²) in [5.41, 5.74) is 0.773. The third-order valence-corrected chi connectivity index (χ3v) is 4.44. The predicted octanol–water partition coefficient (Wildman–Crippen LogP) is 4.57. The second kappa shape index (κ2) is 5.75. The van der Waals surface area contributed by atoms with Crippen molar-refractivity contribution in [2.24, 2.45) is 11.8 Å². The van der Waals surface area contributed by atoms with Gasteiger partial charge in [-0.25, -0.2) is 0 Å².